The van der Waals surface area contributed by atoms with Crippen LogP contribution in [-0.2, 0) is 16.1 Å². The highest BCUT2D eigenvalue weighted by atomic mass is 19.2. The van der Waals surface area contributed by atoms with Crippen molar-refractivity contribution in [2.45, 2.75) is 51.2 Å². The van der Waals surface area contributed by atoms with Gasteiger partial charge in [0.1, 0.15) is 5.82 Å². The normalized spacial score (nSPS) is 18.3. The summed E-state index contributed by atoms with van der Waals surface area (Å²) in [6.07, 6.45) is 7.21. The number of rotatable bonds is 8. The Morgan fingerprint density at radius 1 is 0.829 bits per heavy atom. The molecule has 1 saturated carbocycles. The summed E-state index contributed by atoms with van der Waals surface area (Å²) in [6, 6.07) is 15.6. The molecule has 184 valence electrons. The van der Waals surface area contributed by atoms with Crippen LogP contribution in [0.3, 0.4) is 0 Å². The average Bonchev–Trinajstić information content (AvgIpc) is 2.89. The lowest BCUT2D eigenvalue weighted by Gasteiger charge is -2.28. The van der Waals surface area contributed by atoms with Gasteiger partial charge in [-0.05, 0) is 66.8 Å². The van der Waals surface area contributed by atoms with Gasteiger partial charge in [0.15, 0.2) is 11.6 Å². The Hall–Kier alpha value is -2.89. The topological polar surface area (TPSA) is 18.5 Å². The summed E-state index contributed by atoms with van der Waals surface area (Å²) in [6.45, 7) is 2.66. The number of benzene rings is 3. The molecule has 0 heterocycles. The van der Waals surface area contributed by atoms with Gasteiger partial charge in [-0.3, -0.25) is 0 Å². The second kappa shape index (κ2) is 11.7. The third-order valence-electron chi connectivity index (χ3n) is 6.79. The minimum Gasteiger partial charge on any atom is -0.381 e. The summed E-state index contributed by atoms with van der Waals surface area (Å²) in [7, 11) is 1.70. The zero-order valence-electron chi connectivity index (χ0n) is 20.2. The molecule has 2 nitrogen and oxygen atoms in total. The van der Waals surface area contributed by atoms with E-state index in [0.717, 1.165) is 36.8 Å². The van der Waals surface area contributed by atoms with Crippen LogP contribution in [0.25, 0.3) is 23.3 Å². The summed E-state index contributed by atoms with van der Waals surface area (Å²) in [5.74, 6) is -1.83. The van der Waals surface area contributed by atoms with E-state index in [0.29, 0.717) is 23.3 Å². The van der Waals surface area contributed by atoms with E-state index in [1.54, 1.807) is 37.4 Å². The molecule has 0 unspecified atom stereocenters. The Kier molecular flexibility index (Phi) is 8.42. The van der Waals surface area contributed by atoms with Gasteiger partial charge in [0.05, 0.1) is 12.7 Å². The van der Waals surface area contributed by atoms with E-state index in [9.17, 15) is 8.78 Å². The molecule has 35 heavy (non-hydrogen) atoms. The first kappa shape index (κ1) is 25.2. The maximum Gasteiger partial charge on any atom is 0.166 e. The molecule has 3 aromatic rings. The standard InChI is InChI=1S/C30H31F3O2/c1-3-35-19-24-11-8-21(18-28(24)31)5-4-20-6-9-22(10-7-20)26-16-17-27(30(33)29(26)32)23-12-14-25(34-2)15-13-23/h4-11,16-18,23,25H,3,12-15,19H2,1-2H3/b5-4+. The van der Waals surface area contributed by atoms with Crippen molar-refractivity contribution < 1.29 is 22.6 Å². The van der Waals surface area contributed by atoms with Gasteiger partial charge in [-0.25, -0.2) is 13.2 Å². The highest BCUT2D eigenvalue weighted by Crippen LogP contribution is 2.37. The van der Waals surface area contributed by atoms with Crippen molar-refractivity contribution in [3.8, 4) is 11.1 Å². The minimum absolute atomic E-state index is 0.0236. The molecule has 0 amide bonds. The SMILES string of the molecule is CCOCc1ccc(/C=C/c2ccc(-c3ccc(C4CCC(OC)CC4)c(F)c3F)cc2)cc1F. The van der Waals surface area contributed by atoms with Crippen molar-refractivity contribution in [2.75, 3.05) is 13.7 Å². The van der Waals surface area contributed by atoms with Crippen LogP contribution < -0.4 is 0 Å². The van der Waals surface area contributed by atoms with Crippen LogP contribution in [-0.4, -0.2) is 19.8 Å². The Bertz CT molecular complexity index is 1160. The summed E-state index contributed by atoms with van der Waals surface area (Å²) in [5, 5.41) is 0. The molecular weight excluding hydrogens is 449 g/mol. The van der Waals surface area contributed by atoms with E-state index in [1.807, 2.05) is 37.3 Å². The van der Waals surface area contributed by atoms with Gasteiger partial charge in [-0.2, -0.15) is 0 Å². The van der Waals surface area contributed by atoms with Crippen molar-refractivity contribution in [3.63, 3.8) is 0 Å². The minimum atomic E-state index is -0.803. The molecule has 0 spiro atoms. The molecular formula is C30H31F3O2. The third kappa shape index (κ3) is 6.03. The molecule has 4 rings (SSSR count). The fraction of sp³-hybridized carbons (Fsp3) is 0.333. The van der Waals surface area contributed by atoms with E-state index in [-0.39, 0.29) is 30.0 Å². The summed E-state index contributed by atoms with van der Waals surface area (Å²) in [5.41, 5.74) is 3.45. The molecule has 0 aromatic heterocycles. The van der Waals surface area contributed by atoms with Crippen LogP contribution in [0.15, 0.2) is 54.6 Å². The fourth-order valence-corrected chi connectivity index (χ4v) is 4.67. The molecule has 3 aromatic carbocycles. The van der Waals surface area contributed by atoms with Gasteiger partial charge < -0.3 is 9.47 Å². The molecule has 1 fully saturated rings. The van der Waals surface area contributed by atoms with Gasteiger partial charge in [-0.1, -0.05) is 60.7 Å². The number of halogens is 3. The molecule has 0 radical (unpaired) electrons. The van der Waals surface area contributed by atoms with Crippen molar-refractivity contribution in [3.05, 3.63) is 94.3 Å². The Morgan fingerprint density at radius 3 is 2.17 bits per heavy atom. The number of hydrogen-bond acceptors (Lipinski definition) is 2. The lowest BCUT2D eigenvalue weighted by atomic mass is 9.82. The smallest absolute Gasteiger partial charge is 0.166 e. The molecule has 1 aliphatic rings. The average molecular weight is 481 g/mol. The molecule has 0 saturated heterocycles. The summed E-state index contributed by atoms with van der Waals surface area (Å²) < 4.78 is 54.8. The van der Waals surface area contributed by atoms with Gasteiger partial charge >= 0.3 is 0 Å². The predicted molar refractivity (Wildman–Crippen MR) is 134 cm³/mol. The van der Waals surface area contributed by atoms with Crippen molar-refractivity contribution in [1.29, 1.82) is 0 Å². The predicted octanol–water partition coefficient (Wildman–Crippen LogP) is 8.15. The van der Waals surface area contributed by atoms with E-state index in [2.05, 4.69) is 0 Å². The van der Waals surface area contributed by atoms with Crippen LogP contribution in [0.2, 0.25) is 0 Å². The van der Waals surface area contributed by atoms with Crippen LogP contribution in [0.1, 0.15) is 60.8 Å². The molecule has 0 N–H and O–H groups in total. The molecule has 0 bridgehead atoms. The van der Waals surface area contributed by atoms with E-state index in [1.165, 1.54) is 6.07 Å². The summed E-state index contributed by atoms with van der Waals surface area (Å²) in [4.78, 5) is 0. The second-order valence-corrected chi connectivity index (χ2v) is 8.98. The number of ether oxygens (including phenoxy) is 2. The van der Waals surface area contributed by atoms with Gasteiger partial charge in [0, 0.05) is 24.8 Å². The highest BCUT2D eigenvalue weighted by Gasteiger charge is 2.26. The largest absolute Gasteiger partial charge is 0.381 e. The van der Waals surface area contributed by atoms with Gasteiger partial charge in [0.25, 0.3) is 0 Å². The van der Waals surface area contributed by atoms with E-state index >= 15 is 4.39 Å². The van der Waals surface area contributed by atoms with Crippen LogP contribution in [0.4, 0.5) is 13.2 Å². The van der Waals surface area contributed by atoms with E-state index in [4.69, 9.17) is 9.47 Å². The molecule has 5 heteroatoms. The lowest BCUT2D eigenvalue weighted by Crippen LogP contribution is -2.20. The van der Waals surface area contributed by atoms with Gasteiger partial charge in [-0.15, -0.1) is 0 Å². The quantitative estimate of drug-likeness (QED) is 0.303. The maximum atomic E-state index is 15.0. The van der Waals surface area contributed by atoms with Crippen LogP contribution >= 0.6 is 0 Å². The maximum absolute atomic E-state index is 15.0. The Morgan fingerprint density at radius 2 is 1.51 bits per heavy atom. The molecule has 1 aliphatic carbocycles. The van der Waals surface area contributed by atoms with Gasteiger partial charge in [0.2, 0.25) is 0 Å². The van der Waals surface area contributed by atoms with Crippen molar-refractivity contribution in [1.82, 2.24) is 0 Å². The first-order chi connectivity index (χ1) is 17.0. The number of hydrogen-bond donors (Lipinski definition) is 0. The second-order valence-electron chi connectivity index (χ2n) is 8.98. The lowest BCUT2D eigenvalue weighted by molar-refractivity contribution is 0.0655. The first-order valence-electron chi connectivity index (χ1n) is 12.2. The van der Waals surface area contributed by atoms with Crippen molar-refractivity contribution in [2.24, 2.45) is 0 Å². The zero-order valence-corrected chi connectivity index (χ0v) is 20.2. The van der Waals surface area contributed by atoms with Crippen LogP contribution in [0.5, 0.6) is 0 Å². The third-order valence-corrected chi connectivity index (χ3v) is 6.79. The first-order valence-corrected chi connectivity index (χ1v) is 12.2. The Balaban J connectivity index is 1.46. The molecule has 0 aliphatic heterocycles. The van der Waals surface area contributed by atoms with E-state index < -0.39 is 11.6 Å². The zero-order chi connectivity index (χ0) is 24.8. The fourth-order valence-electron chi connectivity index (χ4n) is 4.67. The monoisotopic (exact) mass is 480 g/mol. The van der Waals surface area contributed by atoms with Crippen LogP contribution in [0, 0.1) is 17.5 Å². The Labute approximate surface area is 205 Å². The highest BCUT2D eigenvalue weighted by molar-refractivity contribution is 5.72. The number of methoxy groups -OCH3 is 1. The van der Waals surface area contributed by atoms with Crippen molar-refractivity contribution >= 4 is 12.2 Å². The summed E-state index contributed by atoms with van der Waals surface area (Å²) >= 11 is 0. The molecule has 0 atom stereocenters.